The van der Waals surface area contributed by atoms with Gasteiger partial charge in [0.15, 0.2) is 11.5 Å². The average molecular weight is 326 g/mol. The second-order valence-electron chi connectivity index (χ2n) is 7.36. The van der Waals surface area contributed by atoms with Crippen molar-refractivity contribution in [2.45, 2.75) is 40.0 Å². The van der Waals surface area contributed by atoms with E-state index in [4.69, 9.17) is 0 Å². The first-order valence-electron chi connectivity index (χ1n) is 8.25. The van der Waals surface area contributed by atoms with E-state index in [1.54, 1.807) is 12.1 Å². The van der Waals surface area contributed by atoms with Crippen LogP contribution in [0, 0.1) is 5.92 Å². The first-order chi connectivity index (χ1) is 11.3. The van der Waals surface area contributed by atoms with Crippen molar-refractivity contribution >= 4 is 17.4 Å². The normalized spacial score (nSPS) is 11.4. The summed E-state index contributed by atoms with van der Waals surface area (Å²) in [5.74, 6) is 0.815. The highest BCUT2D eigenvalue weighted by molar-refractivity contribution is 5.92. The van der Waals surface area contributed by atoms with Gasteiger partial charge in [0.2, 0.25) is 0 Å². The molecule has 2 N–H and O–H groups in total. The molecule has 0 saturated carbocycles. The van der Waals surface area contributed by atoms with Crippen LogP contribution >= 0.6 is 0 Å². The molecule has 0 aliphatic heterocycles. The Bertz CT molecular complexity index is 670. The maximum atomic E-state index is 11.9. The number of hydrogen-bond acceptors (Lipinski definition) is 4. The van der Waals surface area contributed by atoms with Crippen molar-refractivity contribution in [1.29, 1.82) is 0 Å². The fraction of sp³-hybridized carbons (Fsp3) is 0.421. The van der Waals surface area contributed by atoms with E-state index in [1.807, 2.05) is 26.0 Å². The van der Waals surface area contributed by atoms with Gasteiger partial charge in [-0.05, 0) is 41.2 Å². The van der Waals surface area contributed by atoms with E-state index < -0.39 is 0 Å². The number of anilines is 2. The predicted molar refractivity (Wildman–Crippen MR) is 97.6 cm³/mol. The first-order valence-corrected chi connectivity index (χ1v) is 8.25. The molecule has 0 atom stereocenters. The van der Waals surface area contributed by atoms with Crippen molar-refractivity contribution in [2.24, 2.45) is 5.92 Å². The molecule has 1 heterocycles. The zero-order chi connectivity index (χ0) is 17.7. The standard InChI is InChI=1S/C19H26N4O/c1-13(2)12-20-18(24)16-10-11-17(23-22-16)21-15-8-6-14(7-9-15)19(3,4)5/h6-11,13H,12H2,1-5H3,(H,20,24)(H,21,23). The summed E-state index contributed by atoms with van der Waals surface area (Å²) in [7, 11) is 0. The van der Waals surface area contributed by atoms with Crippen LogP contribution < -0.4 is 10.6 Å². The Morgan fingerprint density at radius 2 is 1.71 bits per heavy atom. The SMILES string of the molecule is CC(C)CNC(=O)c1ccc(Nc2ccc(C(C)(C)C)cc2)nn1. The summed E-state index contributed by atoms with van der Waals surface area (Å²) >= 11 is 0. The Hall–Kier alpha value is -2.43. The fourth-order valence-corrected chi connectivity index (χ4v) is 2.11. The summed E-state index contributed by atoms with van der Waals surface area (Å²) in [5, 5.41) is 14.1. The molecule has 5 nitrogen and oxygen atoms in total. The minimum Gasteiger partial charge on any atom is -0.350 e. The highest BCUT2D eigenvalue weighted by Gasteiger charge is 2.13. The third-order valence-electron chi connectivity index (χ3n) is 3.59. The molecule has 0 bridgehead atoms. The Kier molecular flexibility index (Phi) is 5.54. The van der Waals surface area contributed by atoms with E-state index in [0.29, 0.717) is 24.0 Å². The van der Waals surface area contributed by atoms with Crippen LogP contribution in [0.1, 0.15) is 50.7 Å². The molecule has 0 radical (unpaired) electrons. The maximum absolute atomic E-state index is 11.9. The van der Waals surface area contributed by atoms with Crippen LogP contribution in [0.2, 0.25) is 0 Å². The third-order valence-corrected chi connectivity index (χ3v) is 3.59. The molecule has 5 heteroatoms. The Morgan fingerprint density at radius 1 is 1.04 bits per heavy atom. The zero-order valence-corrected chi connectivity index (χ0v) is 15.1. The Balaban J connectivity index is 2.00. The molecule has 0 unspecified atom stereocenters. The second-order valence-corrected chi connectivity index (χ2v) is 7.36. The maximum Gasteiger partial charge on any atom is 0.271 e. The van der Waals surface area contributed by atoms with Crippen molar-refractivity contribution in [3.05, 3.63) is 47.7 Å². The van der Waals surface area contributed by atoms with Gasteiger partial charge < -0.3 is 10.6 Å². The number of rotatable bonds is 5. The quantitative estimate of drug-likeness (QED) is 0.874. The van der Waals surface area contributed by atoms with E-state index in [0.717, 1.165) is 5.69 Å². The molecule has 0 aliphatic carbocycles. The Labute approximate surface area is 143 Å². The molecular weight excluding hydrogens is 300 g/mol. The number of hydrogen-bond donors (Lipinski definition) is 2. The van der Waals surface area contributed by atoms with Crippen LogP contribution in [0.15, 0.2) is 36.4 Å². The smallest absolute Gasteiger partial charge is 0.271 e. The molecule has 1 aromatic carbocycles. The molecule has 2 rings (SSSR count). The summed E-state index contributed by atoms with van der Waals surface area (Å²) in [6.45, 7) is 11.3. The molecular formula is C19H26N4O. The molecule has 0 spiro atoms. The van der Waals surface area contributed by atoms with E-state index in [2.05, 4.69) is 53.7 Å². The lowest BCUT2D eigenvalue weighted by atomic mass is 9.87. The van der Waals surface area contributed by atoms with Crippen molar-refractivity contribution in [3.8, 4) is 0 Å². The van der Waals surface area contributed by atoms with Crippen LogP contribution in [0.3, 0.4) is 0 Å². The number of carbonyl (C=O) groups is 1. The molecule has 0 saturated heterocycles. The van der Waals surface area contributed by atoms with Gasteiger partial charge in [-0.1, -0.05) is 46.8 Å². The van der Waals surface area contributed by atoms with Gasteiger partial charge in [-0.2, -0.15) is 0 Å². The van der Waals surface area contributed by atoms with Gasteiger partial charge in [0, 0.05) is 12.2 Å². The lowest BCUT2D eigenvalue weighted by Crippen LogP contribution is -2.28. The fourth-order valence-electron chi connectivity index (χ4n) is 2.11. The minimum absolute atomic E-state index is 0.128. The monoisotopic (exact) mass is 326 g/mol. The topological polar surface area (TPSA) is 66.9 Å². The summed E-state index contributed by atoms with van der Waals surface area (Å²) < 4.78 is 0. The minimum atomic E-state index is -0.197. The third kappa shape index (κ3) is 5.05. The summed E-state index contributed by atoms with van der Waals surface area (Å²) in [6, 6.07) is 11.7. The average Bonchev–Trinajstić information content (AvgIpc) is 2.53. The van der Waals surface area contributed by atoms with Gasteiger partial charge in [0.05, 0.1) is 0 Å². The lowest BCUT2D eigenvalue weighted by Gasteiger charge is -2.19. The van der Waals surface area contributed by atoms with Gasteiger partial charge >= 0.3 is 0 Å². The largest absolute Gasteiger partial charge is 0.350 e. The van der Waals surface area contributed by atoms with Crippen molar-refractivity contribution in [1.82, 2.24) is 15.5 Å². The number of carbonyl (C=O) groups excluding carboxylic acids is 1. The van der Waals surface area contributed by atoms with Crippen molar-refractivity contribution < 1.29 is 4.79 Å². The molecule has 0 aliphatic rings. The number of benzene rings is 1. The van der Waals surface area contributed by atoms with Crippen LogP contribution in [0.4, 0.5) is 11.5 Å². The number of aromatic nitrogens is 2. The van der Waals surface area contributed by atoms with Crippen LogP contribution in [-0.4, -0.2) is 22.6 Å². The molecule has 1 amide bonds. The second kappa shape index (κ2) is 7.43. The van der Waals surface area contributed by atoms with E-state index in [-0.39, 0.29) is 11.3 Å². The summed E-state index contributed by atoms with van der Waals surface area (Å²) in [5.41, 5.74) is 2.67. The molecule has 24 heavy (non-hydrogen) atoms. The molecule has 128 valence electrons. The van der Waals surface area contributed by atoms with E-state index >= 15 is 0 Å². The highest BCUT2D eigenvalue weighted by atomic mass is 16.1. The zero-order valence-electron chi connectivity index (χ0n) is 15.1. The van der Waals surface area contributed by atoms with Crippen molar-refractivity contribution in [2.75, 3.05) is 11.9 Å². The molecule has 0 fully saturated rings. The highest BCUT2D eigenvalue weighted by Crippen LogP contribution is 2.24. The van der Waals surface area contributed by atoms with Crippen LogP contribution in [-0.2, 0) is 5.41 Å². The molecule has 1 aromatic heterocycles. The number of nitrogens with one attached hydrogen (secondary N) is 2. The van der Waals surface area contributed by atoms with Crippen LogP contribution in [0.5, 0.6) is 0 Å². The predicted octanol–water partition coefficient (Wildman–Crippen LogP) is 3.90. The summed E-state index contributed by atoms with van der Waals surface area (Å²) in [4.78, 5) is 11.9. The van der Waals surface area contributed by atoms with Gasteiger partial charge in [-0.3, -0.25) is 4.79 Å². The van der Waals surface area contributed by atoms with Crippen LogP contribution in [0.25, 0.3) is 0 Å². The summed E-state index contributed by atoms with van der Waals surface area (Å²) in [6.07, 6.45) is 0. The van der Waals surface area contributed by atoms with Gasteiger partial charge in [0.25, 0.3) is 5.91 Å². The van der Waals surface area contributed by atoms with Gasteiger partial charge in [0.1, 0.15) is 0 Å². The van der Waals surface area contributed by atoms with Gasteiger partial charge in [-0.25, -0.2) is 0 Å². The van der Waals surface area contributed by atoms with E-state index in [1.165, 1.54) is 5.56 Å². The number of amides is 1. The molecule has 2 aromatic rings. The lowest BCUT2D eigenvalue weighted by molar-refractivity contribution is 0.0943. The Morgan fingerprint density at radius 3 is 2.21 bits per heavy atom. The van der Waals surface area contributed by atoms with E-state index in [9.17, 15) is 4.79 Å². The van der Waals surface area contributed by atoms with Gasteiger partial charge in [-0.15, -0.1) is 10.2 Å². The van der Waals surface area contributed by atoms with Crippen molar-refractivity contribution in [3.63, 3.8) is 0 Å². The number of nitrogens with zero attached hydrogens (tertiary/aromatic N) is 2. The first kappa shape index (κ1) is 17.9.